The zero-order valence-electron chi connectivity index (χ0n) is 20.3. The lowest BCUT2D eigenvalue weighted by Crippen LogP contribution is -2.32. The molecule has 0 unspecified atom stereocenters. The monoisotopic (exact) mass is 482 g/mol. The van der Waals surface area contributed by atoms with Crippen molar-refractivity contribution in [3.8, 4) is 5.75 Å². The number of hydrogen-bond acceptors (Lipinski definition) is 6. The average Bonchev–Trinajstić information content (AvgIpc) is 3.65. The van der Waals surface area contributed by atoms with E-state index in [-0.39, 0.29) is 18.4 Å². The highest BCUT2D eigenvalue weighted by molar-refractivity contribution is 5.87. The minimum Gasteiger partial charge on any atom is -0.497 e. The van der Waals surface area contributed by atoms with Gasteiger partial charge in [-0.3, -0.25) is 0 Å². The second-order valence-corrected chi connectivity index (χ2v) is 10.1. The molecular weight excluding hydrogens is 452 g/mol. The Morgan fingerprint density at radius 2 is 1.92 bits per heavy atom. The van der Waals surface area contributed by atoms with E-state index >= 15 is 0 Å². The second kappa shape index (κ2) is 8.91. The van der Waals surface area contributed by atoms with Crippen LogP contribution in [0.2, 0.25) is 0 Å². The van der Waals surface area contributed by atoms with Crippen LogP contribution in [0, 0.1) is 5.92 Å². The molecule has 2 fully saturated rings. The van der Waals surface area contributed by atoms with Gasteiger partial charge in [-0.25, -0.2) is 9.97 Å². The predicted octanol–water partition coefficient (Wildman–Crippen LogP) is 5.60. The SMILES string of the molecule is COc1ccc([C@H]2OC[C@@H]3C[C@@H](n4ccc5c(N[C@H]6CCc7ccccc76)ncnc54)C[C@H]3O2)cc1. The van der Waals surface area contributed by atoms with Gasteiger partial charge < -0.3 is 24.1 Å². The van der Waals surface area contributed by atoms with Gasteiger partial charge in [-0.15, -0.1) is 0 Å². The van der Waals surface area contributed by atoms with Crippen LogP contribution in [0.4, 0.5) is 5.82 Å². The van der Waals surface area contributed by atoms with Crippen molar-refractivity contribution in [3.63, 3.8) is 0 Å². The van der Waals surface area contributed by atoms with E-state index in [0.29, 0.717) is 18.6 Å². The smallest absolute Gasteiger partial charge is 0.184 e. The van der Waals surface area contributed by atoms with Crippen molar-refractivity contribution < 1.29 is 14.2 Å². The highest BCUT2D eigenvalue weighted by Gasteiger charge is 2.41. The quantitative estimate of drug-likeness (QED) is 0.399. The molecule has 3 heterocycles. The zero-order chi connectivity index (χ0) is 24.1. The van der Waals surface area contributed by atoms with Gasteiger partial charge in [0.05, 0.1) is 31.2 Å². The molecule has 0 amide bonds. The third-order valence-electron chi connectivity index (χ3n) is 8.10. The summed E-state index contributed by atoms with van der Waals surface area (Å²) in [5, 5.41) is 4.78. The number of nitrogens with one attached hydrogen (secondary N) is 1. The number of hydrogen-bond donors (Lipinski definition) is 1. The molecule has 2 aromatic carbocycles. The zero-order valence-corrected chi connectivity index (χ0v) is 20.3. The number of nitrogens with zero attached hydrogens (tertiary/aromatic N) is 3. The molecule has 7 nitrogen and oxygen atoms in total. The lowest BCUT2D eigenvalue weighted by atomic mass is 10.1. The Bertz CT molecular complexity index is 1390. The van der Waals surface area contributed by atoms with E-state index in [4.69, 9.17) is 14.2 Å². The fourth-order valence-electron chi connectivity index (χ4n) is 6.22. The van der Waals surface area contributed by atoms with Crippen molar-refractivity contribution in [3.05, 3.63) is 83.8 Å². The Labute approximate surface area is 210 Å². The van der Waals surface area contributed by atoms with Gasteiger partial charge in [0, 0.05) is 23.7 Å². The van der Waals surface area contributed by atoms with Crippen LogP contribution in [-0.2, 0) is 15.9 Å². The van der Waals surface area contributed by atoms with Gasteiger partial charge in [-0.05, 0) is 55.0 Å². The number of rotatable bonds is 5. The molecule has 0 spiro atoms. The van der Waals surface area contributed by atoms with Crippen LogP contribution in [0.25, 0.3) is 11.0 Å². The molecule has 4 aromatic rings. The van der Waals surface area contributed by atoms with Gasteiger partial charge >= 0.3 is 0 Å². The molecule has 7 rings (SSSR count). The van der Waals surface area contributed by atoms with Gasteiger partial charge in [0.2, 0.25) is 0 Å². The lowest BCUT2D eigenvalue weighted by Gasteiger charge is -2.32. The molecule has 1 N–H and O–H groups in total. The second-order valence-electron chi connectivity index (χ2n) is 10.1. The van der Waals surface area contributed by atoms with Crippen LogP contribution >= 0.6 is 0 Å². The van der Waals surface area contributed by atoms with Crippen molar-refractivity contribution in [1.29, 1.82) is 0 Å². The number of anilines is 1. The van der Waals surface area contributed by atoms with Crippen molar-refractivity contribution in [2.24, 2.45) is 5.92 Å². The molecule has 0 radical (unpaired) electrons. The Balaban J connectivity index is 1.09. The summed E-state index contributed by atoms with van der Waals surface area (Å²) < 4.78 is 20.1. The normalized spacial score (nSPS) is 27.1. The summed E-state index contributed by atoms with van der Waals surface area (Å²) in [4.78, 5) is 9.31. The summed E-state index contributed by atoms with van der Waals surface area (Å²) in [6, 6.07) is 19.4. The summed E-state index contributed by atoms with van der Waals surface area (Å²) >= 11 is 0. The van der Waals surface area contributed by atoms with E-state index in [1.165, 1.54) is 11.1 Å². The lowest BCUT2D eigenvalue weighted by molar-refractivity contribution is -0.233. The Kier molecular flexibility index (Phi) is 5.40. The Morgan fingerprint density at radius 3 is 2.81 bits per heavy atom. The fraction of sp³-hybridized carbons (Fsp3) is 0.379. The number of fused-ring (bicyclic) bond motifs is 3. The van der Waals surface area contributed by atoms with Crippen LogP contribution in [0.15, 0.2) is 67.1 Å². The first kappa shape index (κ1) is 21.8. The van der Waals surface area contributed by atoms with Gasteiger partial charge in [0.15, 0.2) is 6.29 Å². The highest BCUT2D eigenvalue weighted by Crippen LogP contribution is 2.44. The van der Waals surface area contributed by atoms with Gasteiger partial charge in [0.1, 0.15) is 23.5 Å². The van der Waals surface area contributed by atoms with E-state index in [9.17, 15) is 0 Å². The van der Waals surface area contributed by atoms with Crippen LogP contribution in [0.3, 0.4) is 0 Å². The molecule has 36 heavy (non-hydrogen) atoms. The molecule has 1 saturated heterocycles. The molecule has 1 saturated carbocycles. The number of methoxy groups -OCH3 is 1. The van der Waals surface area contributed by atoms with E-state index in [1.807, 2.05) is 24.3 Å². The summed E-state index contributed by atoms with van der Waals surface area (Å²) in [5.41, 5.74) is 4.82. The van der Waals surface area contributed by atoms with Gasteiger partial charge in [-0.2, -0.15) is 0 Å². The minimum absolute atomic E-state index is 0.169. The van der Waals surface area contributed by atoms with E-state index in [2.05, 4.69) is 56.4 Å². The van der Waals surface area contributed by atoms with Crippen LogP contribution < -0.4 is 10.1 Å². The van der Waals surface area contributed by atoms with Crippen molar-refractivity contribution in [1.82, 2.24) is 14.5 Å². The van der Waals surface area contributed by atoms with Gasteiger partial charge in [-0.1, -0.05) is 36.4 Å². The molecule has 0 bridgehead atoms. The Hall–Kier alpha value is -3.42. The maximum atomic E-state index is 6.43. The molecule has 5 atom stereocenters. The number of benzene rings is 2. The Morgan fingerprint density at radius 1 is 1.03 bits per heavy atom. The fourth-order valence-corrected chi connectivity index (χ4v) is 6.22. The number of ether oxygens (including phenoxy) is 3. The van der Waals surface area contributed by atoms with Crippen LogP contribution in [0.5, 0.6) is 5.75 Å². The van der Waals surface area contributed by atoms with E-state index in [0.717, 1.165) is 53.8 Å². The maximum Gasteiger partial charge on any atom is 0.184 e. The predicted molar refractivity (Wildman–Crippen MR) is 137 cm³/mol. The molecule has 184 valence electrons. The van der Waals surface area contributed by atoms with Crippen molar-refractivity contribution >= 4 is 16.9 Å². The van der Waals surface area contributed by atoms with Crippen LogP contribution in [0.1, 0.15) is 54.3 Å². The molecular formula is C29H30N4O3. The first-order valence-corrected chi connectivity index (χ1v) is 12.8. The molecule has 2 aliphatic carbocycles. The summed E-state index contributed by atoms with van der Waals surface area (Å²) in [6.07, 6.45) is 7.85. The molecule has 7 heteroatoms. The van der Waals surface area contributed by atoms with Crippen LogP contribution in [-0.4, -0.2) is 34.4 Å². The summed E-state index contributed by atoms with van der Waals surface area (Å²) in [6.45, 7) is 0.708. The average molecular weight is 483 g/mol. The topological polar surface area (TPSA) is 70.4 Å². The molecule has 3 aliphatic rings. The number of aryl methyl sites for hydroxylation is 1. The van der Waals surface area contributed by atoms with Crippen molar-refractivity contribution in [2.45, 2.75) is 50.2 Å². The summed E-state index contributed by atoms with van der Waals surface area (Å²) in [7, 11) is 1.68. The standard InChI is InChI=1S/C29H30N4O3/c1-34-22-9-6-19(7-10-22)29-35-16-20-14-21(15-26(20)36-29)33-13-12-24-27(30-17-31-28(24)33)32-25-11-8-18-4-2-3-5-23(18)25/h2-7,9-10,12-13,17,20-21,25-26,29H,8,11,14-16H2,1H3,(H,30,31,32)/t20-,21+,25-,26+,29-/m0/s1. The minimum atomic E-state index is -0.329. The largest absolute Gasteiger partial charge is 0.497 e. The summed E-state index contributed by atoms with van der Waals surface area (Å²) in [5.74, 6) is 2.13. The molecule has 1 aliphatic heterocycles. The van der Waals surface area contributed by atoms with Gasteiger partial charge in [0.25, 0.3) is 0 Å². The molecule has 2 aromatic heterocycles. The first-order chi connectivity index (χ1) is 17.8. The third kappa shape index (κ3) is 3.74. The third-order valence-corrected chi connectivity index (χ3v) is 8.10. The maximum absolute atomic E-state index is 6.43. The van der Waals surface area contributed by atoms with E-state index in [1.54, 1.807) is 13.4 Å². The number of aromatic nitrogens is 3. The van der Waals surface area contributed by atoms with Crippen molar-refractivity contribution in [2.75, 3.05) is 19.0 Å². The van der Waals surface area contributed by atoms with E-state index < -0.39 is 0 Å². The first-order valence-electron chi connectivity index (χ1n) is 12.8. The highest BCUT2D eigenvalue weighted by atomic mass is 16.7.